The van der Waals surface area contributed by atoms with Crippen molar-refractivity contribution in [3.8, 4) is 6.07 Å². The summed E-state index contributed by atoms with van der Waals surface area (Å²) in [5, 5.41) is 27.9. The van der Waals surface area contributed by atoms with Gasteiger partial charge in [-0.25, -0.2) is 8.78 Å². The van der Waals surface area contributed by atoms with Gasteiger partial charge in [0.2, 0.25) is 0 Å². The third-order valence-corrected chi connectivity index (χ3v) is 2.56. The third-order valence-electron chi connectivity index (χ3n) is 2.56. The number of halogens is 2. The van der Waals surface area contributed by atoms with Gasteiger partial charge < -0.3 is 14.9 Å². The van der Waals surface area contributed by atoms with E-state index in [-0.39, 0.29) is 12.2 Å². The Balaban J connectivity index is 2.90. The second kappa shape index (κ2) is 6.93. The Morgan fingerprint density at radius 1 is 1.40 bits per heavy atom. The van der Waals surface area contributed by atoms with Crippen LogP contribution in [0.2, 0.25) is 0 Å². The fourth-order valence-electron chi connectivity index (χ4n) is 1.59. The second-order valence-electron chi connectivity index (χ2n) is 3.99. The molecule has 108 valence electrons. The van der Waals surface area contributed by atoms with Gasteiger partial charge in [-0.3, -0.25) is 4.79 Å². The average Bonchev–Trinajstić information content (AvgIpc) is 2.37. The fraction of sp³-hybridized carbons (Fsp3) is 0.385. The number of carbonyl (C=O) groups is 1. The molecule has 0 saturated heterocycles. The highest BCUT2D eigenvalue weighted by Gasteiger charge is 2.24. The number of aliphatic hydroxyl groups is 2. The van der Waals surface area contributed by atoms with Gasteiger partial charge in [0.05, 0.1) is 19.1 Å². The van der Waals surface area contributed by atoms with Gasteiger partial charge >= 0.3 is 5.97 Å². The lowest BCUT2D eigenvalue weighted by Gasteiger charge is -2.17. The second-order valence-corrected chi connectivity index (χ2v) is 3.99. The lowest BCUT2D eigenvalue weighted by Crippen LogP contribution is -2.23. The van der Waals surface area contributed by atoms with Crippen molar-refractivity contribution in [1.29, 1.82) is 5.26 Å². The van der Waals surface area contributed by atoms with Gasteiger partial charge in [-0.05, 0) is 24.6 Å². The molecular weight excluding hydrogens is 272 g/mol. The molecule has 1 aromatic rings. The first-order valence-corrected chi connectivity index (χ1v) is 5.81. The van der Waals surface area contributed by atoms with E-state index in [9.17, 15) is 23.8 Å². The molecule has 5 nitrogen and oxygen atoms in total. The quantitative estimate of drug-likeness (QED) is 0.793. The van der Waals surface area contributed by atoms with Crippen LogP contribution in [0, 0.1) is 23.0 Å². The van der Waals surface area contributed by atoms with Gasteiger partial charge in [0.25, 0.3) is 0 Å². The van der Waals surface area contributed by atoms with E-state index < -0.39 is 41.8 Å². The van der Waals surface area contributed by atoms with Crippen LogP contribution in [-0.2, 0) is 9.53 Å². The summed E-state index contributed by atoms with van der Waals surface area (Å²) in [5.74, 6) is -3.04. The summed E-state index contributed by atoms with van der Waals surface area (Å²) in [4.78, 5) is 11.1. The third kappa shape index (κ3) is 3.73. The molecule has 20 heavy (non-hydrogen) atoms. The van der Waals surface area contributed by atoms with Crippen LogP contribution < -0.4 is 0 Å². The number of nitriles is 1. The Kier molecular flexibility index (Phi) is 5.55. The highest BCUT2D eigenvalue weighted by atomic mass is 19.1. The molecule has 0 spiro atoms. The van der Waals surface area contributed by atoms with Gasteiger partial charge in [-0.2, -0.15) is 5.26 Å². The van der Waals surface area contributed by atoms with E-state index in [1.165, 1.54) is 6.07 Å². The monoisotopic (exact) mass is 285 g/mol. The van der Waals surface area contributed by atoms with Crippen LogP contribution in [-0.4, -0.2) is 28.9 Å². The van der Waals surface area contributed by atoms with Crippen LogP contribution in [0.15, 0.2) is 12.1 Å². The number of aliphatic hydroxyl groups excluding tert-OH is 2. The van der Waals surface area contributed by atoms with Crippen LogP contribution in [0.1, 0.15) is 30.6 Å². The van der Waals surface area contributed by atoms with Crippen LogP contribution >= 0.6 is 0 Å². The molecule has 1 aromatic carbocycles. The number of benzene rings is 1. The highest BCUT2D eigenvalue weighted by Crippen LogP contribution is 2.23. The number of nitrogens with zero attached hydrogens (tertiary/aromatic N) is 1. The summed E-state index contributed by atoms with van der Waals surface area (Å²) >= 11 is 0. The molecule has 0 radical (unpaired) electrons. The Hall–Kier alpha value is -2.04. The lowest BCUT2D eigenvalue weighted by atomic mass is 10.0. The van der Waals surface area contributed by atoms with Crippen molar-refractivity contribution in [1.82, 2.24) is 0 Å². The number of ether oxygens (including phenoxy) is 1. The summed E-state index contributed by atoms with van der Waals surface area (Å²) < 4.78 is 31.3. The van der Waals surface area contributed by atoms with E-state index in [1.54, 1.807) is 6.92 Å². The predicted molar refractivity (Wildman–Crippen MR) is 63.3 cm³/mol. The highest BCUT2D eigenvalue weighted by molar-refractivity contribution is 5.70. The Morgan fingerprint density at radius 2 is 1.95 bits per heavy atom. The standard InChI is InChI=1S/C13H13F2NO4/c1-2-20-12(18)5-11(17)13(19)7-3-9(14)8(6-16)10(15)4-7/h3-4,11,13,17,19H,2,5H2,1H3. The van der Waals surface area contributed by atoms with Crippen molar-refractivity contribution < 1.29 is 28.5 Å². The SMILES string of the molecule is CCOC(=O)CC(O)C(O)c1cc(F)c(C#N)c(F)c1. The normalized spacial score (nSPS) is 13.4. The van der Waals surface area contributed by atoms with E-state index in [0.717, 1.165) is 12.1 Å². The first kappa shape index (κ1) is 16.0. The summed E-state index contributed by atoms with van der Waals surface area (Å²) in [6.45, 7) is 1.69. The summed E-state index contributed by atoms with van der Waals surface area (Å²) in [6, 6.07) is 2.81. The molecule has 0 heterocycles. The lowest BCUT2D eigenvalue weighted by molar-refractivity contribution is -0.147. The van der Waals surface area contributed by atoms with Crippen molar-refractivity contribution >= 4 is 5.97 Å². The zero-order valence-corrected chi connectivity index (χ0v) is 10.6. The number of rotatable bonds is 5. The molecule has 7 heteroatoms. The van der Waals surface area contributed by atoms with E-state index in [4.69, 9.17) is 5.26 Å². The minimum atomic E-state index is -1.67. The molecule has 2 unspecified atom stereocenters. The predicted octanol–water partition coefficient (Wildman–Crippen LogP) is 1.18. The molecule has 0 aliphatic heterocycles. The van der Waals surface area contributed by atoms with Crippen molar-refractivity contribution in [2.45, 2.75) is 25.6 Å². The summed E-state index contributed by atoms with van der Waals surface area (Å²) in [5.41, 5.74) is -1.04. The maximum absolute atomic E-state index is 13.4. The van der Waals surface area contributed by atoms with Crippen LogP contribution in [0.4, 0.5) is 8.78 Å². The maximum Gasteiger partial charge on any atom is 0.308 e. The number of esters is 1. The Morgan fingerprint density at radius 3 is 2.40 bits per heavy atom. The van der Waals surface area contributed by atoms with Gasteiger partial charge in [0, 0.05) is 0 Å². The number of hydrogen-bond donors (Lipinski definition) is 2. The Bertz CT molecular complexity index is 519. The van der Waals surface area contributed by atoms with Crippen molar-refractivity contribution in [2.24, 2.45) is 0 Å². The maximum atomic E-state index is 13.4. The molecule has 0 saturated carbocycles. The van der Waals surface area contributed by atoms with E-state index in [1.807, 2.05) is 0 Å². The van der Waals surface area contributed by atoms with Crippen LogP contribution in [0.5, 0.6) is 0 Å². The van der Waals surface area contributed by atoms with E-state index in [2.05, 4.69) is 4.74 Å². The molecule has 2 atom stereocenters. The molecule has 0 aliphatic carbocycles. The zero-order chi connectivity index (χ0) is 15.3. The summed E-state index contributed by atoms with van der Waals surface area (Å²) in [7, 11) is 0. The molecule has 0 aromatic heterocycles. The molecule has 2 N–H and O–H groups in total. The van der Waals surface area contributed by atoms with E-state index >= 15 is 0 Å². The first-order valence-electron chi connectivity index (χ1n) is 5.81. The minimum Gasteiger partial charge on any atom is -0.466 e. The molecule has 1 rings (SSSR count). The Labute approximate surface area is 114 Å². The van der Waals surface area contributed by atoms with Crippen molar-refractivity contribution in [2.75, 3.05) is 6.61 Å². The zero-order valence-electron chi connectivity index (χ0n) is 10.6. The largest absolute Gasteiger partial charge is 0.466 e. The first-order chi connectivity index (χ1) is 9.40. The smallest absolute Gasteiger partial charge is 0.308 e. The molecule has 0 fully saturated rings. The van der Waals surface area contributed by atoms with Crippen LogP contribution in [0.25, 0.3) is 0 Å². The van der Waals surface area contributed by atoms with Crippen molar-refractivity contribution in [3.63, 3.8) is 0 Å². The molecule has 0 amide bonds. The van der Waals surface area contributed by atoms with Gasteiger partial charge in [-0.15, -0.1) is 0 Å². The fourth-order valence-corrected chi connectivity index (χ4v) is 1.59. The average molecular weight is 285 g/mol. The van der Waals surface area contributed by atoms with E-state index in [0.29, 0.717) is 0 Å². The van der Waals surface area contributed by atoms with Gasteiger partial charge in [0.1, 0.15) is 29.4 Å². The summed E-state index contributed by atoms with van der Waals surface area (Å²) in [6.07, 6.45) is -3.75. The number of carbonyl (C=O) groups excluding carboxylic acids is 1. The topological polar surface area (TPSA) is 90.6 Å². The van der Waals surface area contributed by atoms with Gasteiger partial charge in [-0.1, -0.05) is 0 Å². The molecule has 0 bridgehead atoms. The number of hydrogen-bond acceptors (Lipinski definition) is 5. The molecule has 0 aliphatic rings. The van der Waals surface area contributed by atoms with Gasteiger partial charge in [0.15, 0.2) is 0 Å². The van der Waals surface area contributed by atoms with Crippen LogP contribution in [0.3, 0.4) is 0 Å². The van der Waals surface area contributed by atoms with Crippen molar-refractivity contribution in [3.05, 3.63) is 34.9 Å². The minimum absolute atomic E-state index is 0.113. The molecular formula is C13H13F2NO4.